The number of ether oxygens (including phenoxy) is 1. The summed E-state index contributed by atoms with van der Waals surface area (Å²) in [5, 5.41) is 0. The zero-order chi connectivity index (χ0) is 8.15. The molecular formula is C8H14O2. The maximum absolute atomic E-state index is 10.4. The van der Waals surface area contributed by atoms with Crippen molar-refractivity contribution in [2.75, 3.05) is 0 Å². The first-order valence-electron chi connectivity index (χ1n) is 3.34. The molecule has 0 amide bonds. The van der Waals surface area contributed by atoms with Gasteiger partial charge in [-0.25, -0.2) is 0 Å². The van der Waals surface area contributed by atoms with Crippen molar-refractivity contribution in [3.8, 4) is 0 Å². The Morgan fingerprint density at radius 2 is 1.90 bits per heavy atom. The van der Waals surface area contributed by atoms with E-state index >= 15 is 0 Å². The van der Waals surface area contributed by atoms with Crippen LogP contribution in [-0.4, -0.2) is 12.1 Å². The van der Waals surface area contributed by atoms with E-state index in [9.17, 15) is 4.79 Å². The minimum absolute atomic E-state index is 0.0949. The first-order valence-corrected chi connectivity index (χ1v) is 3.34. The minimum atomic E-state index is -0.231. The van der Waals surface area contributed by atoms with Gasteiger partial charge in [0.05, 0.1) is 0 Å². The van der Waals surface area contributed by atoms with Crippen LogP contribution in [-0.2, 0) is 9.53 Å². The Labute approximate surface area is 61.9 Å². The highest BCUT2D eigenvalue weighted by molar-refractivity contribution is 5.66. The summed E-state index contributed by atoms with van der Waals surface area (Å²) in [6.45, 7) is 7.20. The standard InChI is InChI=1S/C8H14O2/c1-6(2)5-7(3)10-8(4)9/h5,7H,1-4H3/t7-/m1/s1. The van der Waals surface area contributed by atoms with Crippen molar-refractivity contribution in [3.63, 3.8) is 0 Å². The maximum Gasteiger partial charge on any atom is 0.303 e. The second-order valence-corrected chi connectivity index (χ2v) is 2.56. The van der Waals surface area contributed by atoms with Crippen molar-refractivity contribution in [1.82, 2.24) is 0 Å². The molecule has 2 heteroatoms. The van der Waals surface area contributed by atoms with E-state index in [2.05, 4.69) is 0 Å². The van der Waals surface area contributed by atoms with E-state index in [0.29, 0.717) is 0 Å². The molecule has 0 saturated heterocycles. The van der Waals surface area contributed by atoms with Gasteiger partial charge in [-0.2, -0.15) is 0 Å². The van der Waals surface area contributed by atoms with Gasteiger partial charge in [0.1, 0.15) is 6.10 Å². The first kappa shape index (κ1) is 9.21. The lowest BCUT2D eigenvalue weighted by Gasteiger charge is -2.06. The van der Waals surface area contributed by atoms with Crippen molar-refractivity contribution in [2.24, 2.45) is 0 Å². The number of esters is 1. The number of allylic oxidation sites excluding steroid dienone is 1. The molecule has 0 N–H and O–H groups in total. The third kappa shape index (κ3) is 5.35. The molecule has 0 aromatic carbocycles. The average Bonchev–Trinajstić information content (AvgIpc) is 1.58. The molecule has 0 saturated carbocycles. The van der Waals surface area contributed by atoms with Crippen molar-refractivity contribution in [1.29, 1.82) is 0 Å². The van der Waals surface area contributed by atoms with Gasteiger partial charge in [0.2, 0.25) is 0 Å². The zero-order valence-electron chi connectivity index (χ0n) is 6.97. The summed E-state index contributed by atoms with van der Waals surface area (Å²) >= 11 is 0. The molecule has 0 unspecified atom stereocenters. The summed E-state index contributed by atoms with van der Waals surface area (Å²) in [5.74, 6) is -0.231. The lowest BCUT2D eigenvalue weighted by Crippen LogP contribution is -2.09. The second kappa shape index (κ2) is 4.09. The van der Waals surface area contributed by atoms with Gasteiger partial charge in [0.15, 0.2) is 0 Å². The van der Waals surface area contributed by atoms with Crippen LogP contribution >= 0.6 is 0 Å². The molecular weight excluding hydrogens is 128 g/mol. The highest BCUT2D eigenvalue weighted by Gasteiger charge is 1.99. The minimum Gasteiger partial charge on any atom is -0.459 e. The lowest BCUT2D eigenvalue weighted by molar-refractivity contribution is -0.143. The van der Waals surface area contributed by atoms with E-state index in [0.717, 1.165) is 5.57 Å². The fourth-order valence-electron chi connectivity index (χ4n) is 0.765. The SMILES string of the molecule is CC(=O)O[C@H](C)C=C(C)C. The maximum atomic E-state index is 10.4. The Kier molecular flexibility index (Phi) is 3.77. The molecule has 2 nitrogen and oxygen atoms in total. The lowest BCUT2D eigenvalue weighted by atomic mass is 10.2. The molecule has 0 heterocycles. The van der Waals surface area contributed by atoms with Gasteiger partial charge in [-0.1, -0.05) is 5.57 Å². The molecule has 58 valence electrons. The Balaban J connectivity index is 3.75. The van der Waals surface area contributed by atoms with Crippen LogP contribution in [0.3, 0.4) is 0 Å². The van der Waals surface area contributed by atoms with Crippen LogP contribution in [0.5, 0.6) is 0 Å². The van der Waals surface area contributed by atoms with Crippen LogP contribution in [0.15, 0.2) is 11.6 Å². The first-order chi connectivity index (χ1) is 4.52. The normalized spacial score (nSPS) is 12.0. The smallest absolute Gasteiger partial charge is 0.303 e. The van der Waals surface area contributed by atoms with Gasteiger partial charge in [-0.05, 0) is 26.8 Å². The van der Waals surface area contributed by atoms with Gasteiger partial charge >= 0.3 is 5.97 Å². The molecule has 0 aromatic rings. The third-order valence-electron chi connectivity index (χ3n) is 0.920. The molecule has 0 bridgehead atoms. The predicted molar refractivity (Wildman–Crippen MR) is 40.7 cm³/mol. The monoisotopic (exact) mass is 142 g/mol. The number of hydrogen-bond acceptors (Lipinski definition) is 2. The van der Waals surface area contributed by atoms with Gasteiger partial charge in [-0.3, -0.25) is 4.79 Å². The highest BCUT2D eigenvalue weighted by Crippen LogP contribution is 1.98. The van der Waals surface area contributed by atoms with Crippen molar-refractivity contribution < 1.29 is 9.53 Å². The highest BCUT2D eigenvalue weighted by atomic mass is 16.5. The van der Waals surface area contributed by atoms with Crippen LogP contribution in [0.25, 0.3) is 0 Å². The largest absolute Gasteiger partial charge is 0.459 e. The quantitative estimate of drug-likeness (QED) is 0.435. The summed E-state index contributed by atoms with van der Waals surface area (Å²) in [5.41, 5.74) is 1.16. The molecule has 0 aliphatic carbocycles. The second-order valence-electron chi connectivity index (χ2n) is 2.56. The van der Waals surface area contributed by atoms with Gasteiger partial charge in [0.25, 0.3) is 0 Å². The molecule has 0 aliphatic heterocycles. The fourth-order valence-corrected chi connectivity index (χ4v) is 0.765. The molecule has 0 rings (SSSR count). The molecule has 1 atom stereocenters. The van der Waals surface area contributed by atoms with Crippen LogP contribution in [0, 0.1) is 0 Å². The summed E-state index contributed by atoms with van der Waals surface area (Å²) < 4.78 is 4.85. The van der Waals surface area contributed by atoms with Gasteiger partial charge in [-0.15, -0.1) is 0 Å². The van der Waals surface area contributed by atoms with Crippen molar-refractivity contribution >= 4 is 5.97 Å². The fraction of sp³-hybridized carbons (Fsp3) is 0.625. The summed E-state index contributed by atoms with van der Waals surface area (Å²) in [7, 11) is 0. The van der Waals surface area contributed by atoms with Crippen molar-refractivity contribution in [3.05, 3.63) is 11.6 Å². The van der Waals surface area contributed by atoms with Crippen LogP contribution in [0.1, 0.15) is 27.7 Å². The van der Waals surface area contributed by atoms with Crippen LogP contribution < -0.4 is 0 Å². The third-order valence-corrected chi connectivity index (χ3v) is 0.920. The van der Waals surface area contributed by atoms with E-state index in [-0.39, 0.29) is 12.1 Å². The van der Waals surface area contributed by atoms with Gasteiger partial charge in [0, 0.05) is 6.92 Å². The summed E-state index contributed by atoms with van der Waals surface area (Å²) in [6.07, 6.45) is 1.81. The summed E-state index contributed by atoms with van der Waals surface area (Å²) in [4.78, 5) is 10.4. The molecule has 10 heavy (non-hydrogen) atoms. The number of carbonyl (C=O) groups excluding carboxylic acids is 1. The predicted octanol–water partition coefficient (Wildman–Crippen LogP) is 1.90. The zero-order valence-corrected chi connectivity index (χ0v) is 6.97. The van der Waals surface area contributed by atoms with Crippen LogP contribution in [0.2, 0.25) is 0 Å². The molecule has 0 aliphatic rings. The number of rotatable bonds is 2. The topological polar surface area (TPSA) is 26.3 Å². The molecule has 0 fully saturated rings. The molecule has 0 spiro atoms. The Morgan fingerprint density at radius 1 is 1.40 bits per heavy atom. The van der Waals surface area contributed by atoms with E-state index in [1.54, 1.807) is 0 Å². The van der Waals surface area contributed by atoms with E-state index in [1.165, 1.54) is 6.92 Å². The van der Waals surface area contributed by atoms with E-state index in [1.807, 2.05) is 26.8 Å². The van der Waals surface area contributed by atoms with Crippen molar-refractivity contribution in [2.45, 2.75) is 33.8 Å². The summed E-state index contributed by atoms with van der Waals surface area (Å²) in [6, 6.07) is 0. The average molecular weight is 142 g/mol. The Bertz CT molecular complexity index is 143. The van der Waals surface area contributed by atoms with Gasteiger partial charge < -0.3 is 4.74 Å². The Hall–Kier alpha value is -0.790. The van der Waals surface area contributed by atoms with E-state index < -0.39 is 0 Å². The number of hydrogen-bond donors (Lipinski definition) is 0. The van der Waals surface area contributed by atoms with Crippen LogP contribution in [0.4, 0.5) is 0 Å². The molecule has 0 aromatic heterocycles. The number of carbonyl (C=O) groups is 1. The van der Waals surface area contributed by atoms with E-state index in [4.69, 9.17) is 4.74 Å². The Morgan fingerprint density at radius 3 is 2.20 bits per heavy atom. The molecule has 0 radical (unpaired) electrons.